The van der Waals surface area contributed by atoms with E-state index in [4.69, 9.17) is 4.74 Å². The van der Waals surface area contributed by atoms with Crippen molar-refractivity contribution in [3.63, 3.8) is 0 Å². The van der Waals surface area contributed by atoms with Gasteiger partial charge in [0, 0.05) is 36.8 Å². The molecule has 0 aliphatic carbocycles. The second kappa shape index (κ2) is 7.84. The SMILES string of the molecule is Cn1nc(C(=O)NC[C@@H]2Cc3cc(F)cc(-c4ncccn4)c3O2)c2ccccc2c1=O. The molecule has 4 aromatic rings. The molecule has 5 rings (SSSR count). The lowest BCUT2D eigenvalue weighted by Gasteiger charge is -2.14. The summed E-state index contributed by atoms with van der Waals surface area (Å²) in [5.74, 6) is 0.0610. The van der Waals surface area contributed by atoms with Crippen molar-refractivity contribution in [1.82, 2.24) is 25.1 Å². The molecule has 9 heteroatoms. The van der Waals surface area contributed by atoms with Crippen LogP contribution in [0.15, 0.2) is 59.7 Å². The molecule has 8 nitrogen and oxygen atoms in total. The van der Waals surface area contributed by atoms with E-state index in [0.717, 1.165) is 4.68 Å². The Labute approximate surface area is 181 Å². The molecule has 1 amide bonds. The highest BCUT2D eigenvalue weighted by molar-refractivity contribution is 6.04. The van der Waals surface area contributed by atoms with E-state index in [9.17, 15) is 14.0 Å². The van der Waals surface area contributed by atoms with Gasteiger partial charge < -0.3 is 10.1 Å². The number of amides is 1. The van der Waals surface area contributed by atoms with E-state index in [1.54, 1.807) is 42.7 Å². The number of aryl methyl sites for hydroxylation is 1. The van der Waals surface area contributed by atoms with E-state index in [2.05, 4.69) is 20.4 Å². The summed E-state index contributed by atoms with van der Waals surface area (Å²) in [6.07, 6.45) is 3.19. The van der Waals surface area contributed by atoms with Gasteiger partial charge in [0.15, 0.2) is 11.5 Å². The molecular weight excluding hydrogens is 413 g/mol. The van der Waals surface area contributed by atoms with Gasteiger partial charge in [-0.25, -0.2) is 19.0 Å². The van der Waals surface area contributed by atoms with Crippen LogP contribution in [0.2, 0.25) is 0 Å². The van der Waals surface area contributed by atoms with Gasteiger partial charge in [-0.15, -0.1) is 0 Å². The molecular formula is C23H18FN5O3. The highest BCUT2D eigenvalue weighted by Gasteiger charge is 2.28. The zero-order valence-electron chi connectivity index (χ0n) is 17.1. The van der Waals surface area contributed by atoms with Gasteiger partial charge in [-0.2, -0.15) is 5.10 Å². The zero-order valence-corrected chi connectivity index (χ0v) is 17.1. The average Bonchev–Trinajstić information content (AvgIpc) is 3.22. The number of rotatable bonds is 4. The first-order valence-corrected chi connectivity index (χ1v) is 10.0. The molecule has 0 saturated heterocycles. The maximum Gasteiger partial charge on any atom is 0.274 e. The first kappa shape index (κ1) is 19.8. The molecule has 0 radical (unpaired) electrons. The van der Waals surface area contributed by atoms with Gasteiger partial charge in [0.2, 0.25) is 0 Å². The predicted octanol–water partition coefficient (Wildman–Crippen LogP) is 2.26. The van der Waals surface area contributed by atoms with Crippen LogP contribution in [0.5, 0.6) is 5.75 Å². The van der Waals surface area contributed by atoms with Crippen molar-refractivity contribution < 1.29 is 13.9 Å². The number of nitrogens with zero attached hydrogens (tertiary/aromatic N) is 4. The van der Waals surface area contributed by atoms with Crippen molar-refractivity contribution >= 4 is 16.7 Å². The average molecular weight is 431 g/mol. The second-order valence-electron chi connectivity index (χ2n) is 7.49. The number of fused-ring (bicyclic) bond motifs is 2. The Hall–Kier alpha value is -4.14. The normalized spacial score (nSPS) is 14.8. The first-order chi connectivity index (χ1) is 15.5. The summed E-state index contributed by atoms with van der Waals surface area (Å²) in [7, 11) is 1.50. The van der Waals surface area contributed by atoms with Crippen LogP contribution >= 0.6 is 0 Å². The highest BCUT2D eigenvalue weighted by atomic mass is 19.1. The van der Waals surface area contributed by atoms with Crippen LogP contribution in [-0.2, 0) is 13.5 Å². The lowest BCUT2D eigenvalue weighted by molar-refractivity contribution is 0.0928. The van der Waals surface area contributed by atoms with E-state index < -0.39 is 17.8 Å². The van der Waals surface area contributed by atoms with Crippen molar-refractivity contribution in [2.45, 2.75) is 12.5 Å². The number of nitrogens with one attached hydrogen (secondary N) is 1. The van der Waals surface area contributed by atoms with Crippen LogP contribution in [0.3, 0.4) is 0 Å². The van der Waals surface area contributed by atoms with Crippen LogP contribution < -0.4 is 15.6 Å². The fourth-order valence-corrected chi connectivity index (χ4v) is 3.87. The van der Waals surface area contributed by atoms with Gasteiger partial charge >= 0.3 is 0 Å². The molecule has 0 fully saturated rings. The number of benzene rings is 2. The van der Waals surface area contributed by atoms with Crippen LogP contribution in [0, 0.1) is 5.82 Å². The first-order valence-electron chi connectivity index (χ1n) is 10.0. The predicted molar refractivity (Wildman–Crippen MR) is 115 cm³/mol. The number of aromatic nitrogens is 4. The van der Waals surface area contributed by atoms with E-state index in [1.165, 1.54) is 19.2 Å². The van der Waals surface area contributed by atoms with E-state index >= 15 is 0 Å². The summed E-state index contributed by atoms with van der Waals surface area (Å²) >= 11 is 0. The minimum Gasteiger partial charge on any atom is -0.487 e. The van der Waals surface area contributed by atoms with Crippen LogP contribution in [-0.4, -0.2) is 38.3 Å². The number of hydrogen-bond donors (Lipinski definition) is 1. The molecule has 0 bridgehead atoms. The summed E-state index contributed by atoms with van der Waals surface area (Å²) in [5.41, 5.74) is 1.05. The third-order valence-corrected chi connectivity index (χ3v) is 5.33. The third-order valence-electron chi connectivity index (χ3n) is 5.33. The summed E-state index contributed by atoms with van der Waals surface area (Å²) in [4.78, 5) is 33.5. The Morgan fingerprint density at radius 3 is 2.72 bits per heavy atom. The Balaban J connectivity index is 1.37. The topological polar surface area (TPSA) is 99.0 Å². The number of hydrogen-bond acceptors (Lipinski definition) is 6. The van der Waals surface area contributed by atoms with Crippen LogP contribution in [0.25, 0.3) is 22.2 Å². The Morgan fingerprint density at radius 1 is 1.19 bits per heavy atom. The zero-order chi connectivity index (χ0) is 22.2. The molecule has 2 aromatic carbocycles. The molecule has 1 atom stereocenters. The molecule has 3 heterocycles. The summed E-state index contributed by atoms with van der Waals surface area (Å²) < 4.78 is 21.3. The largest absolute Gasteiger partial charge is 0.487 e. The maximum absolute atomic E-state index is 14.2. The molecule has 0 spiro atoms. The van der Waals surface area contributed by atoms with Gasteiger partial charge in [0.25, 0.3) is 11.5 Å². The molecule has 2 aromatic heterocycles. The van der Waals surface area contributed by atoms with Gasteiger partial charge in [-0.05, 0) is 24.3 Å². The van der Waals surface area contributed by atoms with Crippen molar-refractivity contribution in [2.24, 2.45) is 7.05 Å². The van der Waals surface area contributed by atoms with Crippen molar-refractivity contribution in [3.8, 4) is 17.1 Å². The lowest BCUT2D eigenvalue weighted by atomic mass is 10.1. The van der Waals surface area contributed by atoms with E-state index in [0.29, 0.717) is 39.9 Å². The third kappa shape index (κ3) is 3.47. The maximum atomic E-state index is 14.2. The second-order valence-corrected chi connectivity index (χ2v) is 7.49. The highest BCUT2D eigenvalue weighted by Crippen LogP contribution is 2.38. The smallest absolute Gasteiger partial charge is 0.274 e. The monoisotopic (exact) mass is 431 g/mol. The Bertz CT molecular complexity index is 1400. The van der Waals surface area contributed by atoms with E-state index in [1.807, 2.05) is 0 Å². The number of halogens is 1. The minimum atomic E-state index is -0.422. The number of carbonyl (C=O) groups excluding carboxylic acids is 1. The van der Waals surface area contributed by atoms with Crippen molar-refractivity contribution in [1.29, 1.82) is 0 Å². The molecule has 160 valence electrons. The van der Waals surface area contributed by atoms with Crippen molar-refractivity contribution in [3.05, 3.63) is 82.3 Å². The van der Waals surface area contributed by atoms with Crippen LogP contribution in [0.4, 0.5) is 4.39 Å². The quantitative estimate of drug-likeness (QED) is 0.532. The fourth-order valence-electron chi connectivity index (χ4n) is 3.87. The fraction of sp³-hybridized carbons (Fsp3) is 0.174. The molecule has 1 N–H and O–H groups in total. The van der Waals surface area contributed by atoms with Gasteiger partial charge in [0.05, 0.1) is 17.5 Å². The lowest BCUT2D eigenvalue weighted by Crippen LogP contribution is -2.36. The standard InChI is InChI=1S/C23H18FN5O3/c1-29-23(31)17-6-3-2-5-16(17)19(28-29)22(30)27-12-15-10-13-9-14(24)11-18(20(13)32-15)21-25-7-4-8-26-21/h2-9,11,15H,10,12H2,1H3,(H,27,30)/t15-/m0/s1. The van der Waals surface area contributed by atoms with E-state index in [-0.39, 0.29) is 17.8 Å². The molecule has 0 unspecified atom stereocenters. The summed E-state index contributed by atoms with van der Waals surface area (Å²) in [6.45, 7) is 0.184. The summed E-state index contributed by atoms with van der Waals surface area (Å²) in [6, 6.07) is 11.3. The molecule has 1 aliphatic heterocycles. The number of carbonyl (C=O) groups is 1. The molecule has 1 aliphatic rings. The van der Waals surface area contributed by atoms with Gasteiger partial charge in [0.1, 0.15) is 17.7 Å². The minimum absolute atomic E-state index is 0.155. The van der Waals surface area contributed by atoms with Crippen molar-refractivity contribution in [2.75, 3.05) is 6.54 Å². The molecule has 32 heavy (non-hydrogen) atoms. The molecule has 0 saturated carbocycles. The van der Waals surface area contributed by atoms with Gasteiger partial charge in [-0.3, -0.25) is 9.59 Å². The van der Waals surface area contributed by atoms with Gasteiger partial charge in [-0.1, -0.05) is 18.2 Å². The summed E-state index contributed by atoms with van der Waals surface area (Å²) in [5, 5.41) is 7.86. The Kier molecular flexibility index (Phi) is 4.85. The van der Waals surface area contributed by atoms with Crippen LogP contribution in [0.1, 0.15) is 16.1 Å². The Morgan fingerprint density at radius 2 is 1.94 bits per heavy atom. The number of ether oxygens (including phenoxy) is 1.